The summed E-state index contributed by atoms with van der Waals surface area (Å²) < 4.78 is 27.4. The Balaban J connectivity index is 2.78. The normalized spacial score (nSPS) is 10.9. The number of sulfone groups is 1. The number of esters is 1. The lowest BCUT2D eigenvalue weighted by Gasteiger charge is -2.03. The zero-order chi connectivity index (χ0) is 13.8. The SMILES string of the molecule is COC(=O)CS(=O)(=O)Cc1ccc([N+](=O)[O-])cc1. The number of non-ortho nitro benzene ring substituents is 1. The molecule has 0 saturated carbocycles. The molecule has 18 heavy (non-hydrogen) atoms. The van der Waals surface area contributed by atoms with Gasteiger partial charge in [0.1, 0.15) is 5.75 Å². The Kier molecular flexibility index (Phi) is 4.38. The molecular formula is C10H11NO6S. The van der Waals surface area contributed by atoms with E-state index in [4.69, 9.17) is 0 Å². The van der Waals surface area contributed by atoms with Gasteiger partial charge in [0.2, 0.25) is 0 Å². The highest BCUT2D eigenvalue weighted by molar-refractivity contribution is 7.91. The van der Waals surface area contributed by atoms with Crippen molar-refractivity contribution >= 4 is 21.5 Å². The number of hydrogen-bond donors (Lipinski definition) is 0. The maximum Gasteiger partial charge on any atom is 0.320 e. The minimum absolute atomic E-state index is 0.121. The Bertz CT molecular complexity index is 548. The number of carbonyl (C=O) groups is 1. The van der Waals surface area contributed by atoms with Crippen LogP contribution in [-0.2, 0) is 25.1 Å². The maximum atomic E-state index is 11.6. The number of nitrogens with zero attached hydrogens (tertiary/aromatic N) is 1. The molecule has 0 radical (unpaired) electrons. The molecular weight excluding hydrogens is 262 g/mol. The third kappa shape index (κ3) is 4.13. The fourth-order valence-electron chi connectivity index (χ4n) is 1.26. The van der Waals surface area contributed by atoms with Crippen LogP contribution in [0.5, 0.6) is 0 Å². The molecule has 7 nitrogen and oxygen atoms in total. The van der Waals surface area contributed by atoms with Gasteiger partial charge in [0.05, 0.1) is 17.8 Å². The third-order valence-electron chi connectivity index (χ3n) is 2.10. The van der Waals surface area contributed by atoms with Crippen molar-refractivity contribution in [1.82, 2.24) is 0 Å². The zero-order valence-electron chi connectivity index (χ0n) is 9.53. The Morgan fingerprint density at radius 3 is 2.33 bits per heavy atom. The number of nitro benzene ring substituents is 1. The van der Waals surface area contributed by atoms with E-state index in [1.165, 1.54) is 24.3 Å². The van der Waals surface area contributed by atoms with E-state index in [0.717, 1.165) is 7.11 Å². The van der Waals surface area contributed by atoms with E-state index in [9.17, 15) is 23.3 Å². The van der Waals surface area contributed by atoms with Crippen molar-refractivity contribution in [2.75, 3.05) is 12.9 Å². The lowest BCUT2D eigenvalue weighted by atomic mass is 10.2. The first-order valence-electron chi connectivity index (χ1n) is 4.84. The molecule has 8 heteroatoms. The quantitative estimate of drug-likeness (QED) is 0.444. The highest BCUT2D eigenvalue weighted by Crippen LogP contribution is 2.14. The standard InChI is InChI=1S/C10H11NO6S/c1-17-10(12)7-18(15,16)6-8-2-4-9(5-3-8)11(13)14/h2-5H,6-7H2,1H3. The summed E-state index contributed by atoms with van der Waals surface area (Å²) in [6.07, 6.45) is 0. The topological polar surface area (TPSA) is 104 Å². The first kappa shape index (κ1) is 14.1. The molecule has 0 atom stereocenters. The second-order valence-electron chi connectivity index (χ2n) is 3.53. The molecule has 1 rings (SSSR count). The number of benzene rings is 1. The lowest BCUT2D eigenvalue weighted by Crippen LogP contribution is -2.18. The van der Waals surface area contributed by atoms with Crippen LogP contribution in [0.3, 0.4) is 0 Å². The van der Waals surface area contributed by atoms with Gasteiger partial charge in [-0.1, -0.05) is 12.1 Å². The number of carbonyl (C=O) groups excluding carboxylic acids is 1. The van der Waals surface area contributed by atoms with Crippen LogP contribution in [-0.4, -0.2) is 32.2 Å². The predicted octanol–water partition coefficient (Wildman–Crippen LogP) is 0.683. The monoisotopic (exact) mass is 273 g/mol. The number of hydrogen-bond acceptors (Lipinski definition) is 6. The fourth-order valence-corrected chi connectivity index (χ4v) is 2.54. The van der Waals surface area contributed by atoms with Gasteiger partial charge in [-0.15, -0.1) is 0 Å². The molecule has 98 valence electrons. The average Bonchev–Trinajstić information content (AvgIpc) is 2.28. The molecule has 0 aromatic heterocycles. The molecule has 0 N–H and O–H groups in total. The molecule has 0 spiro atoms. The molecule has 0 amide bonds. The molecule has 0 saturated heterocycles. The van der Waals surface area contributed by atoms with Crippen molar-refractivity contribution in [2.45, 2.75) is 5.75 Å². The second kappa shape index (κ2) is 5.58. The van der Waals surface area contributed by atoms with Gasteiger partial charge in [-0.05, 0) is 5.56 Å². The van der Waals surface area contributed by atoms with Crippen molar-refractivity contribution in [2.24, 2.45) is 0 Å². The molecule has 0 heterocycles. The van der Waals surface area contributed by atoms with Crippen molar-refractivity contribution < 1.29 is 22.9 Å². The van der Waals surface area contributed by atoms with Crippen LogP contribution in [0.25, 0.3) is 0 Å². The van der Waals surface area contributed by atoms with Crippen LogP contribution in [0.4, 0.5) is 5.69 Å². The van der Waals surface area contributed by atoms with Crippen molar-refractivity contribution in [3.63, 3.8) is 0 Å². The van der Waals surface area contributed by atoms with E-state index in [-0.39, 0.29) is 11.4 Å². The summed E-state index contributed by atoms with van der Waals surface area (Å²) in [4.78, 5) is 20.7. The molecule has 0 bridgehead atoms. The van der Waals surface area contributed by atoms with Gasteiger partial charge >= 0.3 is 5.97 Å². The summed E-state index contributed by atoms with van der Waals surface area (Å²) in [6.45, 7) is 0. The highest BCUT2D eigenvalue weighted by atomic mass is 32.2. The Morgan fingerprint density at radius 2 is 1.89 bits per heavy atom. The van der Waals surface area contributed by atoms with Gasteiger partial charge in [-0.25, -0.2) is 8.42 Å². The van der Waals surface area contributed by atoms with Gasteiger partial charge in [0, 0.05) is 12.1 Å². The van der Waals surface area contributed by atoms with Crippen molar-refractivity contribution in [3.05, 3.63) is 39.9 Å². The van der Waals surface area contributed by atoms with Crippen LogP contribution in [0.2, 0.25) is 0 Å². The summed E-state index contributed by atoms with van der Waals surface area (Å²) in [5.74, 6) is -1.91. The van der Waals surface area contributed by atoms with E-state index in [2.05, 4.69) is 4.74 Å². The molecule has 1 aromatic carbocycles. The van der Waals surface area contributed by atoms with Gasteiger partial charge in [-0.2, -0.15) is 0 Å². The fraction of sp³-hybridized carbons (Fsp3) is 0.300. The van der Waals surface area contributed by atoms with E-state index < -0.39 is 26.5 Å². The van der Waals surface area contributed by atoms with Crippen LogP contribution in [0.1, 0.15) is 5.56 Å². The maximum absolute atomic E-state index is 11.6. The van der Waals surface area contributed by atoms with Crippen molar-refractivity contribution in [3.8, 4) is 0 Å². The van der Waals surface area contributed by atoms with Gasteiger partial charge in [0.25, 0.3) is 5.69 Å². The Labute approximate surface area is 103 Å². The minimum Gasteiger partial charge on any atom is -0.468 e. The van der Waals surface area contributed by atoms with E-state index in [1.54, 1.807) is 0 Å². The van der Waals surface area contributed by atoms with Crippen LogP contribution in [0, 0.1) is 10.1 Å². The van der Waals surface area contributed by atoms with Crippen LogP contribution < -0.4 is 0 Å². The molecule has 0 fully saturated rings. The lowest BCUT2D eigenvalue weighted by molar-refractivity contribution is -0.384. The number of methoxy groups -OCH3 is 1. The van der Waals surface area contributed by atoms with Gasteiger partial charge < -0.3 is 4.74 Å². The van der Waals surface area contributed by atoms with Crippen LogP contribution in [0.15, 0.2) is 24.3 Å². The number of nitro groups is 1. The Hall–Kier alpha value is -1.96. The van der Waals surface area contributed by atoms with E-state index >= 15 is 0 Å². The molecule has 0 aliphatic carbocycles. The smallest absolute Gasteiger partial charge is 0.320 e. The van der Waals surface area contributed by atoms with E-state index in [1.807, 2.05) is 0 Å². The molecule has 0 unspecified atom stereocenters. The summed E-state index contributed by atoms with van der Waals surface area (Å²) in [6, 6.07) is 5.10. The summed E-state index contributed by atoms with van der Waals surface area (Å²) >= 11 is 0. The minimum atomic E-state index is -3.62. The largest absolute Gasteiger partial charge is 0.468 e. The number of rotatable bonds is 5. The molecule has 1 aromatic rings. The third-order valence-corrected chi connectivity index (χ3v) is 3.55. The molecule has 0 aliphatic heterocycles. The second-order valence-corrected chi connectivity index (χ2v) is 5.60. The summed E-state index contributed by atoms with van der Waals surface area (Å²) in [7, 11) is -2.52. The average molecular weight is 273 g/mol. The zero-order valence-corrected chi connectivity index (χ0v) is 10.3. The van der Waals surface area contributed by atoms with Crippen molar-refractivity contribution in [1.29, 1.82) is 0 Å². The summed E-state index contributed by atoms with van der Waals surface area (Å²) in [5, 5.41) is 10.4. The first-order chi connectivity index (χ1) is 8.34. The predicted molar refractivity (Wildman–Crippen MR) is 62.6 cm³/mol. The first-order valence-corrected chi connectivity index (χ1v) is 6.67. The van der Waals surface area contributed by atoms with Gasteiger partial charge in [-0.3, -0.25) is 14.9 Å². The Morgan fingerprint density at radius 1 is 1.33 bits per heavy atom. The molecule has 0 aliphatic rings. The van der Waals surface area contributed by atoms with Crippen LogP contribution >= 0.6 is 0 Å². The number of ether oxygens (including phenoxy) is 1. The summed E-state index contributed by atoms with van der Waals surface area (Å²) in [5.41, 5.74) is 0.258. The van der Waals surface area contributed by atoms with Gasteiger partial charge in [0.15, 0.2) is 9.84 Å². The highest BCUT2D eigenvalue weighted by Gasteiger charge is 2.18. The van der Waals surface area contributed by atoms with E-state index in [0.29, 0.717) is 5.56 Å².